The molecule has 3 amide bonds. The van der Waals surface area contributed by atoms with Crippen LogP contribution in [0.25, 0.3) is 0 Å². The number of carbonyl (C=O) groups excluding carboxylic acids is 3. The molecular formula is C12H22N4O7. The zero-order chi connectivity index (χ0) is 18.2. The third-order valence-corrected chi connectivity index (χ3v) is 2.82. The van der Waals surface area contributed by atoms with Crippen molar-refractivity contribution < 1.29 is 34.5 Å². The fourth-order valence-electron chi connectivity index (χ4n) is 1.49. The van der Waals surface area contributed by atoms with Gasteiger partial charge in [0.15, 0.2) is 6.04 Å². The minimum Gasteiger partial charge on any atom is -0.480 e. The lowest BCUT2D eigenvalue weighted by molar-refractivity contribution is -0.145. The maximum Gasteiger partial charge on any atom is 0.328 e. The summed E-state index contributed by atoms with van der Waals surface area (Å²) in [6.45, 7) is 1.37. The van der Waals surface area contributed by atoms with Crippen LogP contribution in [0.4, 0.5) is 0 Å². The Balaban J connectivity index is 4.68. The molecule has 0 aromatic rings. The van der Waals surface area contributed by atoms with Crippen LogP contribution in [0, 0.1) is 0 Å². The summed E-state index contributed by atoms with van der Waals surface area (Å²) in [7, 11) is 0. The van der Waals surface area contributed by atoms with Crippen LogP contribution in [0.1, 0.15) is 13.8 Å². The Bertz CT molecular complexity index is 455. The molecule has 23 heavy (non-hydrogen) atoms. The molecule has 0 aromatic heterocycles. The van der Waals surface area contributed by atoms with Crippen molar-refractivity contribution in [2.24, 2.45) is 5.73 Å². The summed E-state index contributed by atoms with van der Waals surface area (Å²) in [5, 5.41) is 33.6. The molecule has 4 atom stereocenters. The largest absolute Gasteiger partial charge is 0.480 e. The van der Waals surface area contributed by atoms with Gasteiger partial charge in [-0.2, -0.15) is 0 Å². The molecule has 4 unspecified atom stereocenters. The smallest absolute Gasteiger partial charge is 0.328 e. The fourth-order valence-corrected chi connectivity index (χ4v) is 1.49. The lowest BCUT2D eigenvalue weighted by atomic mass is 10.1. The lowest BCUT2D eigenvalue weighted by Crippen LogP contribution is -2.57. The number of carbonyl (C=O) groups is 4. The van der Waals surface area contributed by atoms with Gasteiger partial charge in [-0.25, -0.2) is 4.79 Å². The molecule has 132 valence electrons. The van der Waals surface area contributed by atoms with Gasteiger partial charge in [0, 0.05) is 0 Å². The molecule has 0 saturated carbocycles. The quantitative estimate of drug-likeness (QED) is 0.221. The van der Waals surface area contributed by atoms with E-state index in [4.69, 9.17) is 15.9 Å². The average molecular weight is 334 g/mol. The van der Waals surface area contributed by atoms with Crippen molar-refractivity contribution in [3.05, 3.63) is 0 Å². The predicted molar refractivity (Wildman–Crippen MR) is 76.9 cm³/mol. The number of amides is 3. The number of aliphatic hydroxyl groups excluding tert-OH is 2. The fraction of sp³-hybridized carbons (Fsp3) is 0.667. The van der Waals surface area contributed by atoms with E-state index in [9.17, 15) is 24.3 Å². The minimum absolute atomic E-state index is 0.380. The van der Waals surface area contributed by atoms with E-state index in [1.807, 2.05) is 0 Å². The number of hydrogen-bond donors (Lipinski definition) is 7. The van der Waals surface area contributed by atoms with Crippen LogP contribution in [0.15, 0.2) is 0 Å². The number of carboxylic acid groups (broad SMARTS) is 1. The van der Waals surface area contributed by atoms with Gasteiger partial charge >= 0.3 is 5.97 Å². The van der Waals surface area contributed by atoms with Crippen LogP contribution in [-0.2, 0) is 19.2 Å². The summed E-state index contributed by atoms with van der Waals surface area (Å²) in [5.41, 5.74) is 5.07. The average Bonchev–Trinajstić information content (AvgIpc) is 2.48. The van der Waals surface area contributed by atoms with E-state index in [0.717, 1.165) is 0 Å². The van der Waals surface area contributed by atoms with Gasteiger partial charge in [-0.3, -0.25) is 14.4 Å². The van der Waals surface area contributed by atoms with Crippen molar-refractivity contribution in [3.63, 3.8) is 0 Å². The van der Waals surface area contributed by atoms with Crippen molar-refractivity contribution >= 4 is 23.7 Å². The second kappa shape index (κ2) is 9.71. The van der Waals surface area contributed by atoms with Crippen molar-refractivity contribution in [2.45, 2.75) is 38.1 Å². The summed E-state index contributed by atoms with van der Waals surface area (Å²) in [6.07, 6.45) is -1.34. The van der Waals surface area contributed by atoms with Crippen molar-refractivity contribution in [1.29, 1.82) is 0 Å². The summed E-state index contributed by atoms with van der Waals surface area (Å²) < 4.78 is 0. The van der Waals surface area contributed by atoms with E-state index in [0.29, 0.717) is 0 Å². The van der Waals surface area contributed by atoms with Gasteiger partial charge < -0.3 is 37.0 Å². The minimum atomic E-state index is -1.53. The maximum atomic E-state index is 11.8. The van der Waals surface area contributed by atoms with Gasteiger partial charge in [-0.05, 0) is 13.8 Å². The van der Waals surface area contributed by atoms with Crippen LogP contribution in [0.5, 0.6) is 0 Å². The molecule has 0 aliphatic carbocycles. The Kier molecular flexibility index (Phi) is 8.77. The van der Waals surface area contributed by atoms with Crippen LogP contribution in [-0.4, -0.2) is 76.4 Å². The van der Waals surface area contributed by atoms with E-state index < -0.39 is 54.5 Å². The van der Waals surface area contributed by atoms with Gasteiger partial charge in [-0.15, -0.1) is 0 Å². The van der Waals surface area contributed by atoms with Gasteiger partial charge in [0.2, 0.25) is 17.7 Å². The molecule has 0 saturated heterocycles. The van der Waals surface area contributed by atoms with E-state index in [1.54, 1.807) is 0 Å². The first-order valence-electron chi connectivity index (χ1n) is 6.75. The number of hydrogen-bond acceptors (Lipinski definition) is 7. The number of nitrogens with two attached hydrogens (primary N) is 1. The van der Waals surface area contributed by atoms with Crippen LogP contribution in [0.2, 0.25) is 0 Å². The molecule has 0 aliphatic rings. The molecule has 0 fully saturated rings. The maximum absolute atomic E-state index is 11.8. The van der Waals surface area contributed by atoms with Crippen LogP contribution in [0.3, 0.4) is 0 Å². The summed E-state index contributed by atoms with van der Waals surface area (Å²) in [4.78, 5) is 45.6. The van der Waals surface area contributed by atoms with E-state index in [-0.39, 0.29) is 6.54 Å². The molecule has 0 aliphatic heterocycles. The Morgan fingerprint density at radius 3 is 2.00 bits per heavy atom. The highest BCUT2D eigenvalue weighted by atomic mass is 16.4. The van der Waals surface area contributed by atoms with E-state index in [2.05, 4.69) is 16.0 Å². The van der Waals surface area contributed by atoms with Crippen molar-refractivity contribution in [2.75, 3.05) is 13.2 Å². The highest BCUT2D eigenvalue weighted by Gasteiger charge is 2.29. The first-order valence-corrected chi connectivity index (χ1v) is 6.75. The third kappa shape index (κ3) is 7.04. The molecule has 8 N–H and O–H groups in total. The van der Waals surface area contributed by atoms with Gasteiger partial charge in [-0.1, -0.05) is 0 Å². The second-order valence-corrected chi connectivity index (χ2v) is 4.80. The lowest BCUT2D eigenvalue weighted by Gasteiger charge is -2.22. The zero-order valence-corrected chi connectivity index (χ0v) is 12.8. The van der Waals surface area contributed by atoms with Crippen LogP contribution < -0.4 is 21.7 Å². The van der Waals surface area contributed by atoms with Crippen molar-refractivity contribution in [1.82, 2.24) is 16.0 Å². The number of nitrogens with one attached hydrogen (secondary N) is 3. The molecule has 11 heteroatoms. The summed E-state index contributed by atoms with van der Waals surface area (Å²) >= 11 is 0. The first kappa shape index (κ1) is 20.8. The van der Waals surface area contributed by atoms with Gasteiger partial charge in [0.1, 0.15) is 12.1 Å². The number of carboxylic acids is 1. The van der Waals surface area contributed by atoms with E-state index >= 15 is 0 Å². The third-order valence-electron chi connectivity index (χ3n) is 2.82. The predicted octanol–water partition coefficient (Wildman–Crippen LogP) is -4.12. The second-order valence-electron chi connectivity index (χ2n) is 4.80. The number of aliphatic hydroxyl groups is 2. The Labute approximate surface area is 132 Å². The molecule has 11 nitrogen and oxygen atoms in total. The van der Waals surface area contributed by atoms with E-state index in [1.165, 1.54) is 13.8 Å². The Morgan fingerprint density at radius 1 is 1.04 bits per heavy atom. The molecule has 0 rings (SSSR count). The highest BCUT2D eigenvalue weighted by Crippen LogP contribution is 1.95. The highest BCUT2D eigenvalue weighted by molar-refractivity contribution is 5.93. The van der Waals surface area contributed by atoms with Gasteiger partial charge in [0.05, 0.1) is 19.3 Å². The van der Waals surface area contributed by atoms with Gasteiger partial charge in [0.25, 0.3) is 0 Å². The summed E-state index contributed by atoms with van der Waals surface area (Å²) in [5.74, 6) is -3.80. The molecule has 0 radical (unpaired) electrons. The SMILES string of the molecule is CC(NC(=O)C(CO)NC(=O)CN)C(=O)NC(C(=O)O)C(C)O. The Morgan fingerprint density at radius 2 is 1.61 bits per heavy atom. The monoisotopic (exact) mass is 334 g/mol. The molecule has 0 aromatic carbocycles. The Hall–Kier alpha value is -2.24. The number of aliphatic carboxylic acids is 1. The van der Waals surface area contributed by atoms with Crippen molar-refractivity contribution in [3.8, 4) is 0 Å². The topological polar surface area (TPSA) is 191 Å². The first-order chi connectivity index (χ1) is 10.6. The molecular weight excluding hydrogens is 312 g/mol. The standard InChI is InChI=1S/C12H22N4O7/c1-5(10(20)16-9(6(2)18)12(22)23)14-11(21)7(4-17)15-8(19)3-13/h5-7,9,17-18H,3-4,13H2,1-2H3,(H,14,21)(H,15,19)(H,16,20)(H,22,23). The molecule has 0 spiro atoms. The molecule has 0 bridgehead atoms. The summed E-state index contributed by atoms with van der Waals surface area (Å²) in [6, 6.07) is -3.99. The van der Waals surface area contributed by atoms with Crippen LogP contribution >= 0.6 is 0 Å². The zero-order valence-electron chi connectivity index (χ0n) is 12.8. The molecule has 0 heterocycles. The number of rotatable bonds is 9. The normalized spacial score (nSPS) is 15.7.